The van der Waals surface area contributed by atoms with Gasteiger partial charge in [0.25, 0.3) is 0 Å². The van der Waals surface area contributed by atoms with Crippen molar-refractivity contribution < 1.29 is 19.8 Å². The molecule has 0 saturated heterocycles. The quantitative estimate of drug-likeness (QED) is 0.695. The molecule has 0 saturated carbocycles. The second-order valence-corrected chi connectivity index (χ2v) is 2.45. The third kappa shape index (κ3) is 2.71. The zero-order valence-electron chi connectivity index (χ0n) is 7.04. The standard InChI is InChI=1S/C9H7NO4/c11-8(12)4-2-6-1-3-7(9(13)14)10-5-6/h1-5H,(H,11,12)(H,13,14)/b4-2+. The average Bonchev–Trinajstić information content (AvgIpc) is 2.15. The molecule has 0 aliphatic carbocycles. The van der Waals surface area contributed by atoms with Crippen LogP contribution in [0.1, 0.15) is 16.1 Å². The van der Waals surface area contributed by atoms with Crippen molar-refractivity contribution in [3.63, 3.8) is 0 Å². The molecule has 14 heavy (non-hydrogen) atoms. The molecular weight excluding hydrogens is 186 g/mol. The maximum atomic E-state index is 10.4. The first kappa shape index (κ1) is 9.91. The summed E-state index contributed by atoms with van der Waals surface area (Å²) in [4.78, 5) is 24.2. The van der Waals surface area contributed by atoms with Gasteiger partial charge in [0.05, 0.1) is 0 Å². The summed E-state index contributed by atoms with van der Waals surface area (Å²) in [5, 5.41) is 16.8. The van der Waals surface area contributed by atoms with E-state index in [4.69, 9.17) is 10.2 Å². The van der Waals surface area contributed by atoms with Crippen molar-refractivity contribution in [2.45, 2.75) is 0 Å². The number of carboxylic acid groups (broad SMARTS) is 2. The molecule has 1 aromatic heterocycles. The van der Waals surface area contributed by atoms with Crippen LogP contribution in [0.3, 0.4) is 0 Å². The number of aliphatic carboxylic acids is 1. The molecule has 1 aromatic rings. The molecule has 0 amide bonds. The lowest BCUT2D eigenvalue weighted by Gasteiger charge is -1.93. The SMILES string of the molecule is O=C(O)/C=C/c1ccc(C(=O)O)nc1. The van der Waals surface area contributed by atoms with Crippen LogP contribution in [-0.2, 0) is 4.79 Å². The first-order valence-electron chi connectivity index (χ1n) is 3.70. The predicted octanol–water partition coefficient (Wildman–Crippen LogP) is 0.878. The van der Waals surface area contributed by atoms with Crippen LogP contribution in [0.2, 0.25) is 0 Å². The maximum Gasteiger partial charge on any atom is 0.354 e. The Hall–Kier alpha value is -2.17. The molecule has 1 heterocycles. The summed E-state index contributed by atoms with van der Waals surface area (Å²) >= 11 is 0. The van der Waals surface area contributed by atoms with Crippen LogP contribution in [0.5, 0.6) is 0 Å². The number of carbonyl (C=O) groups is 2. The van der Waals surface area contributed by atoms with E-state index in [9.17, 15) is 9.59 Å². The van der Waals surface area contributed by atoms with Crippen LogP contribution >= 0.6 is 0 Å². The Balaban J connectivity index is 2.83. The smallest absolute Gasteiger partial charge is 0.354 e. The number of carboxylic acids is 2. The van der Waals surface area contributed by atoms with Gasteiger partial charge in [0.15, 0.2) is 0 Å². The first-order chi connectivity index (χ1) is 6.59. The fraction of sp³-hybridized carbons (Fsp3) is 0. The van der Waals surface area contributed by atoms with E-state index in [0.29, 0.717) is 5.56 Å². The van der Waals surface area contributed by atoms with E-state index in [2.05, 4.69) is 4.98 Å². The first-order valence-corrected chi connectivity index (χ1v) is 3.70. The van der Waals surface area contributed by atoms with E-state index < -0.39 is 11.9 Å². The van der Waals surface area contributed by atoms with E-state index in [-0.39, 0.29) is 5.69 Å². The van der Waals surface area contributed by atoms with Gasteiger partial charge in [-0.3, -0.25) is 0 Å². The Morgan fingerprint density at radius 3 is 2.43 bits per heavy atom. The highest BCUT2D eigenvalue weighted by Gasteiger charge is 2.01. The largest absolute Gasteiger partial charge is 0.478 e. The fourth-order valence-electron chi connectivity index (χ4n) is 0.798. The molecule has 2 N–H and O–H groups in total. The average molecular weight is 193 g/mol. The lowest BCUT2D eigenvalue weighted by atomic mass is 10.2. The van der Waals surface area contributed by atoms with Crippen LogP contribution in [0.25, 0.3) is 6.08 Å². The Labute approximate surface area is 79.3 Å². The minimum atomic E-state index is -1.11. The maximum absolute atomic E-state index is 10.4. The Morgan fingerprint density at radius 2 is 2.00 bits per heavy atom. The van der Waals surface area contributed by atoms with Crippen LogP contribution in [-0.4, -0.2) is 27.1 Å². The number of nitrogens with zero attached hydrogens (tertiary/aromatic N) is 1. The van der Waals surface area contributed by atoms with Crippen molar-refractivity contribution in [2.24, 2.45) is 0 Å². The highest BCUT2D eigenvalue weighted by Crippen LogP contribution is 2.02. The molecule has 0 atom stereocenters. The molecule has 0 aromatic carbocycles. The number of hydrogen-bond acceptors (Lipinski definition) is 3. The summed E-state index contributed by atoms with van der Waals surface area (Å²) < 4.78 is 0. The summed E-state index contributed by atoms with van der Waals surface area (Å²) in [6.45, 7) is 0. The lowest BCUT2D eigenvalue weighted by Crippen LogP contribution is -1.99. The molecule has 0 aliphatic heterocycles. The van der Waals surface area contributed by atoms with E-state index in [1.807, 2.05) is 0 Å². The van der Waals surface area contributed by atoms with E-state index in [0.717, 1.165) is 6.08 Å². The van der Waals surface area contributed by atoms with Gasteiger partial charge in [0.2, 0.25) is 0 Å². The number of aromatic nitrogens is 1. The monoisotopic (exact) mass is 193 g/mol. The van der Waals surface area contributed by atoms with Crippen molar-refractivity contribution in [1.29, 1.82) is 0 Å². The van der Waals surface area contributed by atoms with Gasteiger partial charge in [-0.05, 0) is 17.7 Å². The zero-order chi connectivity index (χ0) is 10.6. The summed E-state index contributed by atoms with van der Waals surface area (Å²) in [6.07, 6.45) is 3.58. The second-order valence-electron chi connectivity index (χ2n) is 2.45. The third-order valence-electron chi connectivity index (χ3n) is 1.42. The number of pyridine rings is 1. The van der Waals surface area contributed by atoms with Gasteiger partial charge in [0.1, 0.15) is 5.69 Å². The van der Waals surface area contributed by atoms with Crippen LogP contribution in [0, 0.1) is 0 Å². The van der Waals surface area contributed by atoms with Gasteiger partial charge in [-0.2, -0.15) is 0 Å². The summed E-state index contributed by atoms with van der Waals surface area (Å²) in [5.41, 5.74) is 0.467. The Kier molecular flexibility index (Phi) is 2.96. The van der Waals surface area contributed by atoms with E-state index in [1.165, 1.54) is 24.4 Å². The normalized spacial score (nSPS) is 10.3. The molecule has 1 rings (SSSR count). The third-order valence-corrected chi connectivity index (χ3v) is 1.42. The molecule has 0 unspecified atom stereocenters. The van der Waals surface area contributed by atoms with Crippen LogP contribution in [0.4, 0.5) is 0 Å². The van der Waals surface area contributed by atoms with Crippen molar-refractivity contribution in [1.82, 2.24) is 4.98 Å². The second kappa shape index (κ2) is 4.18. The molecule has 0 bridgehead atoms. The van der Waals surface area contributed by atoms with Crippen molar-refractivity contribution in [3.8, 4) is 0 Å². The van der Waals surface area contributed by atoms with Crippen molar-refractivity contribution in [2.75, 3.05) is 0 Å². The van der Waals surface area contributed by atoms with E-state index >= 15 is 0 Å². The van der Waals surface area contributed by atoms with Gasteiger partial charge >= 0.3 is 11.9 Å². The topological polar surface area (TPSA) is 87.5 Å². The predicted molar refractivity (Wildman–Crippen MR) is 47.9 cm³/mol. The molecule has 5 nitrogen and oxygen atoms in total. The van der Waals surface area contributed by atoms with E-state index in [1.54, 1.807) is 0 Å². The minimum absolute atomic E-state index is 0.0718. The fourth-order valence-corrected chi connectivity index (χ4v) is 0.798. The summed E-state index contributed by atoms with van der Waals surface area (Å²) in [7, 11) is 0. The molecule has 0 radical (unpaired) electrons. The molecule has 0 spiro atoms. The summed E-state index contributed by atoms with van der Waals surface area (Å²) in [6, 6.07) is 2.79. The molecule has 72 valence electrons. The number of rotatable bonds is 3. The highest BCUT2D eigenvalue weighted by molar-refractivity contribution is 5.86. The number of hydrogen-bond donors (Lipinski definition) is 2. The van der Waals surface area contributed by atoms with Crippen LogP contribution in [0.15, 0.2) is 24.4 Å². The zero-order valence-corrected chi connectivity index (χ0v) is 7.04. The van der Waals surface area contributed by atoms with Gasteiger partial charge in [-0.25, -0.2) is 14.6 Å². The molecule has 0 aliphatic rings. The van der Waals surface area contributed by atoms with Gasteiger partial charge in [-0.1, -0.05) is 6.07 Å². The van der Waals surface area contributed by atoms with Crippen molar-refractivity contribution in [3.05, 3.63) is 35.7 Å². The van der Waals surface area contributed by atoms with Gasteiger partial charge in [-0.15, -0.1) is 0 Å². The highest BCUT2D eigenvalue weighted by atomic mass is 16.4. The van der Waals surface area contributed by atoms with Gasteiger partial charge in [0, 0.05) is 12.3 Å². The minimum Gasteiger partial charge on any atom is -0.478 e. The molecule has 5 heteroatoms. The lowest BCUT2D eigenvalue weighted by molar-refractivity contribution is -0.131. The van der Waals surface area contributed by atoms with Crippen molar-refractivity contribution >= 4 is 18.0 Å². The Morgan fingerprint density at radius 1 is 1.29 bits per heavy atom. The summed E-state index contributed by atoms with van der Waals surface area (Å²) in [5.74, 6) is -2.17. The van der Waals surface area contributed by atoms with Gasteiger partial charge < -0.3 is 10.2 Å². The number of aromatic carboxylic acids is 1. The molecular formula is C9H7NO4. The van der Waals surface area contributed by atoms with Crippen LogP contribution < -0.4 is 0 Å². The molecule has 0 fully saturated rings. The Bertz CT molecular complexity index is 380.